The molecule has 2 aliphatic rings. The monoisotopic (exact) mass is 591 g/mol. The molecule has 1 N–H and O–H groups in total. The van der Waals surface area contributed by atoms with Crippen LogP contribution in [0.25, 0.3) is 10.9 Å². The largest absolute Gasteiger partial charge is 0.488 e. The van der Waals surface area contributed by atoms with Gasteiger partial charge in [-0.05, 0) is 68.5 Å². The molecule has 8 nitrogen and oxygen atoms in total. The molecule has 0 unspecified atom stereocenters. The molecule has 1 aliphatic heterocycles. The van der Waals surface area contributed by atoms with Gasteiger partial charge in [0.15, 0.2) is 17.0 Å². The van der Waals surface area contributed by atoms with E-state index in [2.05, 4.69) is 30.4 Å². The molecule has 1 aliphatic carbocycles. The molecular formula is C32H35ClFN5O3. The second-order valence-corrected chi connectivity index (χ2v) is 11.7. The molecule has 220 valence electrons. The van der Waals surface area contributed by atoms with Crippen LogP contribution in [0.15, 0.2) is 59.8 Å². The molecule has 6 rings (SSSR count). The Labute approximate surface area is 249 Å². The molecule has 1 aromatic carbocycles. The molecule has 2 fully saturated rings. The maximum atomic E-state index is 15.0. The molecule has 0 amide bonds. The van der Waals surface area contributed by atoms with Crippen LogP contribution in [0, 0.1) is 12.7 Å². The summed E-state index contributed by atoms with van der Waals surface area (Å²) in [6.45, 7) is 4.56. The number of fused-ring (bicyclic) bond motifs is 1. The van der Waals surface area contributed by atoms with Crippen molar-refractivity contribution in [1.29, 1.82) is 0 Å². The van der Waals surface area contributed by atoms with Gasteiger partial charge in [-0.3, -0.25) is 14.7 Å². The quantitative estimate of drug-likeness (QED) is 0.252. The van der Waals surface area contributed by atoms with E-state index in [0.717, 1.165) is 55.7 Å². The number of hydrogen-bond acceptors (Lipinski definition) is 7. The topological polar surface area (TPSA) is 83.7 Å². The third-order valence-electron chi connectivity index (χ3n) is 8.16. The fraction of sp³-hybridized carbons (Fsp3) is 0.406. The van der Waals surface area contributed by atoms with E-state index >= 15 is 4.39 Å². The summed E-state index contributed by atoms with van der Waals surface area (Å²) in [6.07, 6.45) is 9.61. The highest BCUT2D eigenvalue weighted by atomic mass is 35.5. The molecule has 42 heavy (non-hydrogen) atoms. The van der Waals surface area contributed by atoms with Gasteiger partial charge >= 0.3 is 0 Å². The van der Waals surface area contributed by atoms with Crippen LogP contribution in [-0.4, -0.2) is 56.9 Å². The van der Waals surface area contributed by atoms with Crippen molar-refractivity contribution in [2.45, 2.75) is 57.8 Å². The van der Waals surface area contributed by atoms with Gasteiger partial charge in [-0.1, -0.05) is 11.6 Å². The first kappa shape index (κ1) is 28.6. The number of nitrogens with zero attached hydrogens (tertiary/aromatic N) is 5. The van der Waals surface area contributed by atoms with Crippen LogP contribution in [0.5, 0.6) is 5.75 Å². The Bertz CT molecular complexity index is 1630. The van der Waals surface area contributed by atoms with Gasteiger partial charge in [0.05, 0.1) is 24.0 Å². The van der Waals surface area contributed by atoms with Crippen molar-refractivity contribution in [3.8, 4) is 5.75 Å². The fourth-order valence-corrected chi connectivity index (χ4v) is 6.07. The van der Waals surface area contributed by atoms with Gasteiger partial charge in [0, 0.05) is 73.4 Å². The Morgan fingerprint density at radius 1 is 1.14 bits per heavy atom. The maximum Gasteiger partial charge on any atom is 0.193 e. The van der Waals surface area contributed by atoms with E-state index in [0.29, 0.717) is 34.7 Å². The summed E-state index contributed by atoms with van der Waals surface area (Å²) >= 11 is 6.04. The van der Waals surface area contributed by atoms with Crippen molar-refractivity contribution in [2.24, 2.45) is 0 Å². The molecule has 1 atom stereocenters. The predicted octanol–water partition coefficient (Wildman–Crippen LogP) is 5.27. The molecule has 0 spiro atoms. The Kier molecular flexibility index (Phi) is 8.42. The highest BCUT2D eigenvalue weighted by Crippen LogP contribution is 2.38. The van der Waals surface area contributed by atoms with E-state index < -0.39 is 5.82 Å². The number of aliphatic hydroxyl groups excluding tert-OH is 1. The number of pyridine rings is 3. The summed E-state index contributed by atoms with van der Waals surface area (Å²) in [5, 5.41) is 9.97. The molecule has 1 saturated carbocycles. The number of hydrogen-bond donors (Lipinski definition) is 1. The first-order valence-corrected chi connectivity index (χ1v) is 14.9. The van der Waals surface area contributed by atoms with Crippen molar-refractivity contribution in [2.75, 3.05) is 31.2 Å². The number of aryl methyl sites for hydroxylation is 1. The Hall–Kier alpha value is -3.53. The average molecular weight is 592 g/mol. The number of benzene rings is 1. The molecule has 4 heterocycles. The first-order chi connectivity index (χ1) is 20.4. The zero-order chi connectivity index (χ0) is 29.2. The fourth-order valence-electron chi connectivity index (χ4n) is 5.95. The summed E-state index contributed by atoms with van der Waals surface area (Å²) in [4.78, 5) is 27.3. The van der Waals surface area contributed by atoms with Crippen LogP contribution in [-0.2, 0) is 13.1 Å². The number of anilines is 1. The molecule has 10 heteroatoms. The van der Waals surface area contributed by atoms with E-state index in [1.54, 1.807) is 6.07 Å². The summed E-state index contributed by atoms with van der Waals surface area (Å²) in [5.41, 5.74) is 4.25. The summed E-state index contributed by atoms with van der Waals surface area (Å²) in [5.74, 6) is -0.553. The van der Waals surface area contributed by atoms with Crippen molar-refractivity contribution in [3.63, 3.8) is 0 Å². The highest BCUT2D eigenvalue weighted by molar-refractivity contribution is 6.29. The number of ether oxygens (including phenoxy) is 1. The molecule has 4 aromatic rings. The zero-order valence-corrected chi connectivity index (χ0v) is 24.4. The lowest BCUT2D eigenvalue weighted by Crippen LogP contribution is -2.48. The average Bonchev–Trinajstić information content (AvgIpc) is 3.83. The Morgan fingerprint density at radius 3 is 2.74 bits per heavy atom. The SMILES string of the molecule is Cc1cc(CN(Cc2cn(C3CC3)c3cc(OCCO)c(F)cc3c2=O)[C@H]2CCCN(c3ccc(Cl)nc3)C2)ccn1. The number of halogens is 2. The van der Waals surface area contributed by atoms with Crippen molar-refractivity contribution < 1.29 is 14.2 Å². The predicted molar refractivity (Wildman–Crippen MR) is 162 cm³/mol. The third-order valence-corrected chi connectivity index (χ3v) is 8.38. The highest BCUT2D eigenvalue weighted by Gasteiger charge is 2.30. The van der Waals surface area contributed by atoms with E-state index in [9.17, 15) is 4.79 Å². The van der Waals surface area contributed by atoms with Gasteiger partial charge in [0.25, 0.3) is 0 Å². The minimum absolute atomic E-state index is 0.0118. The summed E-state index contributed by atoms with van der Waals surface area (Å²) in [6, 6.07) is 11.3. The van der Waals surface area contributed by atoms with Crippen LogP contribution in [0.2, 0.25) is 5.15 Å². The number of rotatable bonds is 10. The Morgan fingerprint density at radius 2 is 2.00 bits per heavy atom. The summed E-state index contributed by atoms with van der Waals surface area (Å²) < 4.78 is 22.6. The molecule has 1 saturated heterocycles. The second-order valence-electron chi connectivity index (χ2n) is 11.3. The van der Waals surface area contributed by atoms with Gasteiger partial charge in [-0.2, -0.15) is 0 Å². The van der Waals surface area contributed by atoms with Gasteiger partial charge in [0.2, 0.25) is 0 Å². The second kappa shape index (κ2) is 12.4. The van der Waals surface area contributed by atoms with Crippen LogP contribution < -0.4 is 15.1 Å². The van der Waals surface area contributed by atoms with E-state index in [1.165, 1.54) is 6.07 Å². The lowest BCUT2D eigenvalue weighted by Gasteiger charge is -2.40. The van der Waals surface area contributed by atoms with Crippen LogP contribution in [0.3, 0.4) is 0 Å². The number of piperidine rings is 1. The molecular weight excluding hydrogens is 557 g/mol. The minimum Gasteiger partial charge on any atom is -0.488 e. The van der Waals surface area contributed by atoms with E-state index in [-0.39, 0.29) is 36.5 Å². The minimum atomic E-state index is -0.601. The normalized spacial score (nSPS) is 17.3. The van der Waals surface area contributed by atoms with Gasteiger partial charge in [0.1, 0.15) is 11.8 Å². The zero-order valence-electron chi connectivity index (χ0n) is 23.7. The molecule has 0 radical (unpaired) electrons. The van der Waals surface area contributed by atoms with Crippen LogP contribution in [0.1, 0.15) is 48.5 Å². The van der Waals surface area contributed by atoms with E-state index in [4.69, 9.17) is 21.4 Å². The van der Waals surface area contributed by atoms with Gasteiger partial charge in [-0.15, -0.1) is 0 Å². The summed E-state index contributed by atoms with van der Waals surface area (Å²) in [7, 11) is 0. The standard InChI is InChI=1S/C32H35ClFN5O3/c1-21-13-22(8-9-35-21)17-38(26-3-2-10-37(20-26)25-6-7-31(33)36-16-25)18-23-19-39(24-4-5-24)29-15-30(42-12-11-40)28(34)14-27(29)32(23)41/h6-9,13-16,19,24,26,40H,2-5,10-12,17-18,20H2,1H3/t26-/m0/s1. The maximum absolute atomic E-state index is 15.0. The molecule has 0 bridgehead atoms. The van der Waals surface area contributed by atoms with Crippen molar-refractivity contribution in [1.82, 2.24) is 19.4 Å². The van der Waals surface area contributed by atoms with Crippen LogP contribution >= 0.6 is 11.6 Å². The Balaban J connectivity index is 1.36. The smallest absolute Gasteiger partial charge is 0.193 e. The molecule has 3 aromatic heterocycles. The lowest BCUT2D eigenvalue weighted by atomic mass is 10.0. The number of aliphatic hydroxyl groups is 1. The van der Waals surface area contributed by atoms with Crippen LogP contribution in [0.4, 0.5) is 10.1 Å². The van der Waals surface area contributed by atoms with Crippen molar-refractivity contribution >= 4 is 28.2 Å². The third kappa shape index (κ3) is 6.28. The number of aromatic nitrogens is 3. The first-order valence-electron chi connectivity index (χ1n) is 14.5. The lowest BCUT2D eigenvalue weighted by molar-refractivity contribution is 0.158. The van der Waals surface area contributed by atoms with Gasteiger partial charge in [-0.25, -0.2) is 9.37 Å². The van der Waals surface area contributed by atoms with E-state index in [1.807, 2.05) is 43.7 Å². The van der Waals surface area contributed by atoms with Crippen molar-refractivity contribution in [3.05, 3.63) is 93.0 Å². The van der Waals surface area contributed by atoms with Gasteiger partial charge < -0.3 is 19.3 Å².